The van der Waals surface area contributed by atoms with Crippen LogP contribution in [0.3, 0.4) is 0 Å². The van der Waals surface area contributed by atoms with Gasteiger partial charge in [-0.05, 0) is 19.1 Å². The minimum Gasteiger partial charge on any atom is -0.490 e. The fourth-order valence-corrected chi connectivity index (χ4v) is 2.49. The Labute approximate surface area is 150 Å². The molecular formula is C17H28ClN3O3. The third kappa shape index (κ3) is 7.05. The van der Waals surface area contributed by atoms with Crippen LogP contribution in [0, 0.1) is 0 Å². The Kier molecular flexibility index (Phi) is 10.4. The van der Waals surface area contributed by atoms with Gasteiger partial charge in [-0.3, -0.25) is 9.69 Å². The van der Waals surface area contributed by atoms with E-state index >= 15 is 0 Å². The molecule has 24 heavy (non-hydrogen) atoms. The van der Waals surface area contributed by atoms with Gasteiger partial charge in [0.05, 0.1) is 12.2 Å². The number of nitrogens with zero attached hydrogens (tertiary/aromatic N) is 1. The van der Waals surface area contributed by atoms with Crippen molar-refractivity contribution in [2.24, 2.45) is 0 Å². The van der Waals surface area contributed by atoms with Gasteiger partial charge in [0.15, 0.2) is 0 Å². The van der Waals surface area contributed by atoms with Gasteiger partial charge in [-0.15, -0.1) is 12.4 Å². The van der Waals surface area contributed by atoms with Crippen molar-refractivity contribution in [2.75, 3.05) is 59.1 Å². The third-order valence-electron chi connectivity index (χ3n) is 3.74. The number of hydrogen-bond donors (Lipinski definition) is 2. The number of amides is 1. The first-order valence-electron chi connectivity index (χ1n) is 8.32. The minimum absolute atomic E-state index is 0. The van der Waals surface area contributed by atoms with Crippen molar-refractivity contribution in [3.63, 3.8) is 0 Å². The van der Waals surface area contributed by atoms with Gasteiger partial charge < -0.3 is 20.1 Å². The molecule has 2 N–H and O–H groups in total. The molecule has 1 saturated heterocycles. The number of nitrogens with one attached hydrogen (secondary N) is 2. The smallest absolute Gasteiger partial charge is 0.255 e. The zero-order chi connectivity index (χ0) is 16.3. The predicted molar refractivity (Wildman–Crippen MR) is 97.3 cm³/mol. The van der Waals surface area contributed by atoms with E-state index in [-0.39, 0.29) is 18.3 Å². The number of benzene rings is 1. The van der Waals surface area contributed by atoms with Crippen molar-refractivity contribution >= 4 is 18.3 Å². The number of halogens is 1. The van der Waals surface area contributed by atoms with Crippen LogP contribution >= 0.6 is 12.4 Å². The average Bonchev–Trinajstić information content (AvgIpc) is 2.60. The van der Waals surface area contributed by atoms with Crippen LogP contribution in [-0.2, 0) is 4.74 Å². The molecule has 0 bridgehead atoms. The lowest BCUT2D eigenvalue weighted by molar-refractivity contribution is 0.0930. The molecular weight excluding hydrogens is 330 g/mol. The third-order valence-corrected chi connectivity index (χ3v) is 3.74. The number of carbonyl (C=O) groups excluding carboxylic acids is 1. The van der Waals surface area contributed by atoms with E-state index in [2.05, 4.69) is 15.5 Å². The van der Waals surface area contributed by atoms with Crippen molar-refractivity contribution in [2.45, 2.75) is 6.92 Å². The second-order valence-electron chi connectivity index (χ2n) is 5.39. The number of para-hydroxylation sites is 1. The number of hydrogen-bond acceptors (Lipinski definition) is 5. The van der Waals surface area contributed by atoms with Gasteiger partial charge in [-0.25, -0.2) is 0 Å². The summed E-state index contributed by atoms with van der Waals surface area (Å²) >= 11 is 0. The molecule has 0 saturated carbocycles. The lowest BCUT2D eigenvalue weighted by Crippen LogP contribution is -2.46. The summed E-state index contributed by atoms with van der Waals surface area (Å²) in [6, 6.07) is 7.32. The Balaban J connectivity index is 0.00000288. The molecule has 1 aliphatic heterocycles. The Morgan fingerprint density at radius 2 is 2.00 bits per heavy atom. The monoisotopic (exact) mass is 357 g/mol. The van der Waals surface area contributed by atoms with Crippen LogP contribution in [0.5, 0.6) is 5.75 Å². The molecule has 1 aliphatic rings. The molecule has 1 heterocycles. The van der Waals surface area contributed by atoms with Crippen LogP contribution < -0.4 is 15.4 Å². The summed E-state index contributed by atoms with van der Waals surface area (Å²) < 4.78 is 10.9. The van der Waals surface area contributed by atoms with E-state index in [1.54, 1.807) is 6.07 Å². The molecule has 7 heteroatoms. The highest BCUT2D eigenvalue weighted by atomic mass is 35.5. The maximum Gasteiger partial charge on any atom is 0.255 e. The van der Waals surface area contributed by atoms with Crippen molar-refractivity contribution in [3.8, 4) is 5.75 Å². The zero-order valence-electron chi connectivity index (χ0n) is 14.3. The van der Waals surface area contributed by atoms with Gasteiger partial charge in [-0.2, -0.15) is 0 Å². The van der Waals surface area contributed by atoms with Gasteiger partial charge in [0, 0.05) is 45.9 Å². The predicted octanol–water partition coefficient (Wildman–Crippen LogP) is 1.16. The molecule has 0 aliphatic carbocycles. The van der Waals surface area contributed by atoms with Gasteiger partial charge in [0.1, 0.15) is 12.4 Å². The fourth-order valence-electron chi connectivity index (χ4n) is 2.49. The van der Waals surface area contributed by atoms with Crippen LogP contribution in [0.4, 0.5) is 0 Å². The second-order valence-corrected chi connectivity index (χ2v) is 5.39. The van der Waals surface area contributed by atoms with Gasteiger partial charge >= 0.3 is 0 Å². The first kappa shape index (κ1) is 20.7. The molecule has 1 aromatic carbocycles. The summed E-state index contributed by atoms with van der Waals surface area (Å²) in [5, 5.41) is 6.30. The Morgan fingerprint density at radius 3 is 2.75 bits per heavy atom. The average molecular weight is 358 g/mol. The van der Waals surface area contributed by atoms with E-state index < -0.39 is 0 Å². The first-order valence-corrected chi connectivity index (χ1v) is 8.32. The van der Waals surface area contributed by atoms with Gasteiger partial charge in [0.2, 0.25) is 0 Å². The zero-order valence-corrected chi connectivity index (χ0v) is 15.1. The maximum atomic E-state index is 12.3. The highest BCUT2D eigenvalue weighted by Gasteiger charge is 2.13. The fraction of sp³-hybridized carbons (Fsp3) is 0.588. The minimum atomic E-state index is -0.0906. The molecule has 136 valence electrons. The highest BCUT2D eigenvalue weighted by Crippen LogP contribution is 2.17. The van der Waals surface area contributed by atoms with Crippen molar-refractivity contribution in [3.05, 3.63) is 29.8 Å². The SMILES string of the molecule is CCOCCOc1ccccc1C(=O)NCCN1CCNCC1.Cl. The Bertz CT molecular complexity index is 482. The molecule has 1 amide bonds. The topological polar surface area (TPSA) is 62.8 Å². The summed E-state index contributed by atoms with van der Waals surface area (Å²) in [5.41, 5.74) is 0.573. The number of carbonyl (C=O) groups is 1. The van der Waals surface area contributed by atoms with Gasteiger partial charge in [0.25, 0.3) is 5.91 Å². The second kappa shape index (κ2) is 12.1. The van der Waals surface area contributed by atoms with E-state index in [1.807, 2.05) is 25.1 Å². The Morgan fingerprint density at radius 1 is 1.25 bits per heavy atom. The van der Waals surface area contributed by atoms with Gasteiger partial charge in [-0.1, -0.05) is 12.1 Å². The Hall–Kier alpha value is -1.34. The van der Waals surface area contributed by atoms with E-state index in [4.69, 9.17) is 9.47 Å². The van der Waals surface area contributed by atoms with Crippen LogP contribution in [0.2, 0.25) is 0 Å². The highest BCUT2D eigenvalue weighted by molar-refractivity contribution is 5.96. The maximum absolute atomic E-state index is 12.3. The number of piperazine rings is 1. The first-order chi connectivity index (χ1) is 11.3. The molecule has 0 spiro atoms. The lowest BCUT2D eigenvalue weighted by atomic mass is 10.2. The molecule has 0 radical (unpaired) electrons. The summed E-state index contributed by atoms with van der Waals surface area (Å²) in [6.07, 6.45) is 0. The van der Waals surface area contributed by atoms with Crippen molar-refractivity contribution in [1.82, 2.24) is 15.5 Å². The largest absolute Gasteiger partial charge is 0.490 e. The van der Waals surface area contributed by atoms with Crippen molar-refractivity contribution in [1.29, 1.82) is 0 Å². The summed E-state index contributed by atoms with van der Waals surface area (Å²) in [6.45, 7) is 9.20. The summed E-state index contributed by atoms with van der Waals surface area (Å²) in [5.74, 6) is 0.513. The van der Waals surface area contributed by atoms with Crippen LogP contribution in [0.1, 0.15) is 17.3 Å². The quantitative estimate of drug-likeness (QED) is 0.649. The molecule has 0 atom stereocenters. The standard InChI is InChI=1S/C17H27N3O3.ClH/c1-2-22-13-14-23-16-6-4-3-5-15(16)17(21)19-9-12-20-10-7-18-8-11-20;/h3-6,18H,2,7-14H2,1H3,(H,19,21);1H. The van der Waals surface area contributed by atoms with Crippen LogP contribution in [0.25, 0.3) is 0 Å². The molecule has 2 rings (SSSR count). The normalized spacial score (nSPS) is 14.7. The van der Waals surface area contributed by atoms with E-state index in [9.17, 15) is 4.79 Å². The molecule has 1 fully saturated rings. The lowest BCUT2D eigenvalue weighted by Gasteiger charge is -2.27. The summed E-state index contributed by atoms with van der Waals surface area (Å²) in [4.78, 5) is 14.7. The van der Waals surface area contributed by atoms with E-state index in [1.165, 1.54) is 0 Å². The van der Waals surface area contributed by atoms with E-state index in [0.29, 0.717) is 37.7 Å². The van der Waals surface area contributed by atoms with E-state index in [0.717, 1.165) is 32.7 Å². The molecule has 6 nitrogen and oxygen atoms in total. The number of rotatable bonds is 9. The van der Waals surface area contributed by atoms with Crippen LogP contribution in [0.15, 0.2) is 24.3 Å². The summed E-state index contributed by atoms with van der Waals surface area (Å²) in [7, 11) is 0. The van der Waals surface area contributed by atoms with Crippen LogP contribution in [-0.4, -0.2) is 69.9 Å². The molecule has 0 aromatic heterocycles. The number of ether oxygens (including phenoxy) is 2. The molecule has 0 unspecified atom stereocenters. The van der Waals surface area contributed by atoms with Crippen molar-refractivity contribution < 1.29 is 14.3 Å². The molecule has 1 aromatic rings.